The molecule has 3 aromatic carbocycles. The average molecular weight is 469 g/mol. The number of anilines is 1. The van der Waals surface area contributed by atoms with Crippen LogP contribution in [0, 0.1) is 13.8 Å². The van der Waals surface area contributed by atoms with Gasteiger partial charge in [-0.3, -0.25) is 14.5 Å². The lowest BCUT2D eigenvalue weighted by molar-refractivity contribution is -0.119. The van der Waals surface area contributed by atoms with Crippen LogP contribution in [0.4, 0.5) is 11.4 Å². The van der Waals surface area contributed by atoms with Crippen molar-refractivity contribution in [3.05, 3.63) is 95.1 Å². The summed E-state index contributed by atoms with van der Waals surface area (Å²) >= 11 is 1.32. The minimum atomic E-state index is -0.486. The molecule has 5 rings (SSSR count). The predicted molar refractivity (Wildman–Crippen MR) is 138 cm³/mol. The van der Waals surface area contributed by atoms with E-state index in [2.05, 4.69) is 10.3 Å². The molecule has 34 heavy (non-hydrogen) atoms. The lowest BCUT2D eigenvalue weighted by Crippen LogP contribution is -2.45. The lowest BCUT2D eigenvalue weighted by Gasteiger charge is -2.31. The van der Waals surface area contributed by atoms with E-state index in [1.165, 1.54) is 17.3 Å². The number of aryl methyl sites for hydroxylation is 2. The van der Waals surface area contributed by atoms with E-state index in [-0.39, 0.29) is 17.6 Å². The second-order valence-electron chi connectivity index (χ2n) is 8.40. The number of carbonyl (C=O) groups excluding carboxylic acids is 2. The molecule has 0 saturated heterocycles. The lowest BCUT2D eigenvalue weighted by atomic mass is 10.0. The van der Waals surface area contributed by atoms with Crippen molar-refractivity contribution >= 4 is 46.0 Å². The molecule has 0 spiro atoms. The number of para-hydroxylation sites is 1. The molecule has 0 bridgehead atoms. The maximum absolute atomic E-state index is 13.0. The van der Waals surface area contributed by atoms with E-state index in [1.807, 2.05) is 91.5 Å². The minimum absolute atomic E-state index is 0.126. The summed E-state index contributed by atoms with van der Waals surface area (Å²) in [6, 6.07) is 22.9. The van der Waals surface area contributed by atoms with Crippen molar-refractivity contribution in [1.29, 1.82) is 0 Å². The van der Waals surface area contributed by atoms with Gasteiger partial charge in [-0.2, -0.15) is 4.99 Å². The predicted octanol–water partition coefficient (Wildman–Crippen LogP) is 4.88. The zero-order valence-electron chi connectivity index (χ0n) is 19.0. The Morgan fingerprint density at radius 1 is 0.971 bits per heavy atom. The fourth-order valence-electron chi connectivity index (χ4n) is 4.09. The third kappa shape index (κ3) is 4.39. The van der Waals surface area contributed by atoms with E-state index in [0.29, 0.717) is 17.4 Å². The van der Waals surface area contributed by atoms with Crippen LogP contribution in [0.25, 0.3) is 0 Å². The van der Waals surface area contributed by atoms with Crippen LogP contribution in [0.1, 0.15) is 22.3 Å². The summed E-state index contributed by atoms with van der Waals surface area (Å²) in [7, 11) is 0. The minimum Gasteiger partial charge on any atom is -0.325 e. The molecular weight excluding hydrogens is 444 g/mol. The summed E-state index contributed by atoms with van der Waals surface area (Å²) in [5.41, 5.74) is 5.70. The van der Waals surface area contributed by atoms with Gasteiger partial charge in [-0.15, -0.1) is 0 Å². The summed E-state index contributed by atoms with van der Waals surface area (Å²) in [5, 5.41) is 3.57. The molecule has 2 aliphatic rings. The van der Waals surface area contributed by atoms with E-state index in [1.54, 1.807) is 0 Å². The average Bonchev–Trinajstić information content (AvgIpc) is 3.17. The number of fused-ring (bicyclic) bond motifs is 3. The fourth-order valence-corrected chi connectivity index (χ4v) is 4.93. The van der Waals surface area contributed by atoms with Gasteiger partial charge in [0.2, 0.25) is 5.91 Å². The topological polar surface area (TPSA) is 74.1 Å². The highest BCUT2D eigenvalue weighted by atomic mass is 32.2. The summed E-state index contributed by atoms with van der Waals surface area (Å²) in [5.74, 6) is 0.458. The molecule has 2 heterocycles. The van der Waals surface area contributed by atoms with Gasteiger partial charge in [-0.25, -0.2) is 4.99 Å². The Balaban J connectivity index is 1.38. The molecule has 2 aliphatic heterocycles. The third-order valence-electron chi connectivity index (χ3n) is 6.00. The van der Waals surface area contributed by atoms with Gasteiger partial charge in [0.15, 0.2) is 5.17 Å². The number of benzene rings is 3. The fraction of sp³-hybridized carbons (Fsp3) is 0.185. The Morgan fingerprint density at radius 2 is 1.74 bits per heavy atom. The zero-order valence-corrected chi connectivity index (χ0v) is 19.8. The molecule has 0 aliphatic carbocycles. The number of carbonyl (C=O) groups is 2. The first-order valence-electron chi connectivity index (χ1n) is 11.1. The number of nitrogens with one attached hydrogen (secondary N) is 1. The number of rotatable bonds is 5. The molecule has 0 aromatic heterocycles. The van der Waals surface area contributed by atoms with E-state index in [9.17, 15) is 9.59 Å². The third-order valence-corrected chi connectivity index (χ3v) is 6.96. The van der Waals surface area contributed by atoms with Gasteiger partial charge in [0.1, 0.15) is 11.9 Å². The van der Waals surface area contributed by atoms with Crippen LogP contribution in [0.5, 0.6) is 0 Å². The van der Waals surface area contributed by atoms with Gasteiger partial charge in [-0.05, 0) is 54.8 Å². The molecule has 6 nitrogen and oxygen atoms in total. The second kappa shape index (κ2) is 9.27. The molecule has 0 fully saturated rings. The number of amidine groups is 2. The van der Waals surface area contributed by atoms with Gasteiger partial charge >= 0.3 is 0 Å². The first kappa shape index (κ1) is 22.1. The van der Waals surface area contributed by atoms with Gasteiger partial charge in [0.05, 0.1) is 11.4 Å². The smallest absolute Gasteiger partial charge is 0.271 e. The summed E-state index contributed by atoms with van der Waals surface area (Å²) < 4.78 is 0. The van der Waals surface area contributed by atoms with Crippen LogP contribution >= 0.6 is 11.8 Å². The van der Waals surface area contributed by atoms with Gasteiger partial charge < -0.3 is 5.32 Å². The van der Waals surface area contributed by atoms with Crippen LogP contribution < -0.4 is 5.32 Å². The maximum Gasteiger partial charge on any atom is 0.271 e. The highest BCUT2D eigenvalue weighted by Gasteiger charge is 2.41. The first-order chi connectivity index (χ1) is 16.5. The van der Waals surface area contributed by atoms with Crippen molar-refractivity contribution in [2.45, 2.75) is 26.3 Å². The SMILES string of the molecule is Cc1ccc(NC(=O)CSC2=Nc3ccccc3C3=NC(=O)C(Cc4ccccc4)N23)cc1C. The molecule has 1 N–H and O–H groups in total. The normalized spacial score (nSPS) is 16.5. The maximum atomic E-state index is 13.0. The molecule has 170 valence electrons. The monoisotopic (exact) mass is 468 g/mol. The molecular formula is C27H24N4O2S. The highest BCUT2D eigenvalue weighted by molar-refractivity contribution is 8.14. The Labute approximate surface area is 202 Å². The van der Waals surface area contributed by atoms with Crippen molar-refractivity contribution in [2.24, 2.45) is 9.98 Å². The van der Waals surface area contributed by atoms with Crippen molar-refractivity contribution < 1.29 is 9.59 Å². The first-order valence-corrected chi connectivity index (χ1v) is 12.1. The van der Waals surface area contributed by atoms with Gasteiger partial charge in [0.25, 0.3) is 5.91 Å². The van der Waals surface area contributed by atoms with E-state index < -0.39 is 6.04 Å². The number of amides is 2. The van der Waals surface area contributed by atoms with Crippen molar-refractivity contribution in [2.75, 3.05) is 11.1 Å². The molecule has 2 amide bonds. The summed E-state index contributed by atoms with van der Waals surface area (Å²) in [6.45, 7) is 4.06. The Hall–Kier alpha value is -3.71. The molecule has 1 unspecified atom stereocenters. The molecule has 1 atom stereocenters. The van der Waals surface area contributed by atoms with Crippen molar-refractivity contribution in [3.63, 3.8) is 0 Å². The van der Waals surface area contributed by atoms with Crippen LogP contribution in [0.15, 0.2) is 82.8 Å². The van der Waals surface area contributed by atoms with Crippen LogP contribution in [0.3, 0.4) is 0 Å². The van der Waals surface area contributed by atoms with Gasteiger partial charge in [0, 0.05) is 17.7 Å². The summed E-state index contributed by atoms with van der Waals surface area (Å²) in [6.07, 6.45) is 0.517. The van der Waals surface area contributed by atoms with Gasteiger partial charge in [-0.1, -0.05) is 60.3 Å². The Kier molecular flexibility index (Phi) is 6.02. The molecule has 3 aromatic rings. The van der Waals surface area contributed by atoms with Crippen LogP contribution in [-0.4, -0.2) is 39.5 Å². The number of aliphatic imine (C=N–C) groups is 2. The second-order valence-corrected chi connectivity index (χ2v) is 9.34. The standard InChI is InChI=1S/C27H24N4O2S/c1-17-12-13-20(14-18(17)2)28-24(32)16-34-27-29-22-11-7-6-10-21(22)25-30-26(33)23(31(25)27)15-19-8-4-3-5-9-19/h3-14,23H,15-16H2,1-2H3,(H,28,32). The quantitative estimate of drug-likeness (QED) is 0.579. The van der Waals surface area contributed by atoms with Crippen molar-refractivity contribution in [1.82, 2.24) is 4.90 Å². The van der Waals surface area contributed by atoms with E-state index >= 15 is 0 Å². The highest BCUT2D eigenvalue weighted by Crippen LogP contribution is 2.35. The van der Waals surface area contributed by atoms with E-state index in [4.69, 9.17) is 4.99 Å². The van der Waals surface area contributed by atoms with Crippen LogP contribution in [-0.2, 0) is 16.0 Å². The number of thioether (sulfide) groups is 1. The van der Waals surface area contributed by atoms with Crippen LogP contribution in [0.2, 0.25) is 0 Å². The molecule has 0 radical (unpaired) electrons. The number of hydrogen-bond acceptors (Lipinski definition) is 5. The zero-order chi connectivity index (χ0) is 23.7. The van der Waals surface area contributed by atoms with E-state index in [0.717, 1.165) is 28.1 Å². The Morgan fingerprint density at radius 3 is 2.53 bits per heavy atom. The number of nitrogens with zero attached hydrogens (tertiary/aromatic N) is 3. The van der Waals surface area contributed by atoms with Crippen molar-refractivity contribution in [3.8, 4) is 0 Å². The largest absolute Gasteiger partial charge is 0.325 e. The molecule has 0 saturated carbocycles. The summed E-state index contributed by atoms with van der Waals surface area (Å²) in [4.78, 5) is 36.8. The molecule has 7 heteroatoms. The Bertz CT molecular complexity index is 1330. The number of hydrogen-bond donors (Lipinski definition) is 1.